The first kappa shape index (κ1) is 13.7. The molecule has 0 bridgehead atoms. The minimum Gasteiger partial charge on any atom is -0.391 e. The van der Waals surface area contributed by atoms with Crippen molar-refractivity contribution < 1.29 is 9.84 Å². The van der Waals surface area contributed by atoms with Gasteiger partial charge in [-0.15, -0.1) is 0 Å². The van der Waals surface area contributed by atoms with Gasteiger partial charge in [0, 0.05) is 5.92 Å². The van der Waals surface area contributed by atoms with E-state index in [1.54, 1.807) is 0 Å². The predicted molar refractivity (Wildman–Crippen MR) is 67.4 cm³/mol. The summed E-state index contributed by atoms with van der Waals surface area (Å²) < 4.78 is 5.92. The Morgan fingerprint density at radius 3 is 2.75 bits per heavy atom. The highest BCUT2D eigenvalue weighted by Crippen LogP contribution is 2.37. The molecule has 2 nitrogen and oxygen atoms in total. The number of ether oxygens (including phenoxy) is 1. The summed E-state index contributed by atoms with van der Waals surface area (Å²) in [6, 6.07) is 0. The molecule has 3 unspecified atom stereocenters. The first-order chi connectivity index (χ1) is 7.47. The van der Waals surface area contributed by atoms with Crippen LogP contribution in [-0.4, -0.2) is 23.9 Å². The molecule has 2 heteroatoms. The van der Waals surface area contributed by atoms with Crippen LogP contribution in [0.1, 0.15) is 47.0 Å². The Balaban J connectivity index is 2.48. The van der Waals surface area contributed by atoms with Gasteiger partial charge in [-0.2, -0.15) is 0 Å². The highest BCUT2D eigenvalue weighted by atomic mass is 16.5. The molecule has 1 rings (SSSR count). The van der Waals surface area contributed by atoms with Crippen molar-refractivity contribution in [2.45, 2.75) is 59.2 Å². The van der Waals surface area contributed by atoms with Crippen LogP contribution in [0.4, 0.5) is 0 Å². The maximum Gasteiger partial charge on any atom is 0.0773 e. The summed E-state index contributed by atoms with van der Waals surface area (Å²) in [6.07, 6.45) is 7.29. The van der Waals surface area contributed by atoms with Crippen LogP contribution in [0.5, 0.6) is 0 Å². The van der Waals surface area contributed by atoms with Crippen LogP contribution in [0.3, 0.4) is 0 Å². The minimum absolute atomic E-state index is 0.181. The van der Waals surface area contributed by atoms with E-state index >= 15 is 0 Å². The fraction of sp³-hybridized carbons (Fsp3) is 0.857. The molecular formula is C14H26O2. The highest BCUT2D eigenvalue weighted by Gasteiger charge is 2.35. The van der Waals surface area contributed by atoms with Gasteiger partial charge in [0.25, 0.3) is 0 Å². The Morgan fingerprint density at radius 2 is 2.19 bits per heavy atom. The quantitative estimate of drug-likeness (QED) is 0.730. The summed E-state index contributed by atoms with van der Waals surface area (Å²) in [4.78, 5) is 0. The van der Waals surface area contributed by atoms with Gasteiger partial charge in [-0.1, -0.05) is 46.3 Å². The molecule has 0 saturated carbocycles. The Kier molecular flexibility index (Phi) is 5.00. The molecule has 1 aliphatic carbocycles. The van der Waals surface area contributed by atoms with Crippen molar-refractivity contribution in [1.82, 2.24) is 0 Å². The summed E-state index contributed by atoms with van der Waals surface area (Å²) in [7, 11) is 0. The molecule has 0 radical (unpaired) electrons. The van der Waals surface area contributed by atoms with Gasteiger partial charge in [-0.25, -0.2) is 0 Å². The van der Waals surface area contributed by atoms with Crippen molar-refractivity contribution in [3.8, 4) is 0 Å². The van der Waals surface area contributed by atoms with E-state index in [0.717, 1.165) is 19.3 Å². The minimum atomic E-state index is -0.307. The second-order valence-electron chi connectivity index (χ2n) is 5.68. The lowest BCUT2D eigenvalue weighted by molar-refractivity contribution is -0.0813. The third-order valence-corrected chi connectivity index (χ3v) is 3.42. The van der Waals surface area contributed by atoms with Crippen LogP contribution in [-0.2, 0) is 4.74 Å². The molecule has 0 amide bonds. The molecule has 1 aliphatic rings. The SMILES string of the molecule is CCCC(O)COC1C(C)C=CCC1(C)C. The fourth-order valence-corrected chi connectivity index (χ4v) is 2.52. The topological polar surface area (TPSA) is 29.5 Å². The average Bonchev–Trinajstić information content (AvgIpc) is 2.16. The van der Waals surface area contributed by atoms with E-state index < -0.39 is 0 Å². The molecule has 0 saturated heterocycles. The molecule has 16 heavy (non-hydrogen) atoms. The lowest BCUT2D eigenvalue weighted by atomic mass is 9.74. The first-order valence-electron chi connectivity index (χ1n) is 6.43. The summed E-state index contributed by atoms with van der Waals surface area (Å²) in [5.74, 6) is 0.442. The molecule has 94 valence electrons. The Labute approximate surface area is 99.7 Å². The Hall–Kier alpha value is -0.340. The largest absolute Gasteiger partial charge is 0.391 e. The van der Waals surface area contributed by atoms with Crippen LogP contribution in [0.25, 0.3) is 0 Å². The number of aliphatic hydroxyl groups is 1. The normalized spacial score (nSPS) is 30.3. The zero-order chi connectivity index (χ0) is 12.2. The van der Waals surface area contributed by atoms with Crippen molar-refractivity contribution in [3.05, 3.63) is 12.2 Å². The third-order valence-electron chi connectivity index (χ3n) is 3.42. The molecule has 0 aliphatic heterocycles. The molecule has 3 atom stereocenters. The van der Waals surface area contributed by atoms with E-state index in [2.05, 4.69) is 39.8 Å². The van der Waals surface area contributed by atoms with E-state index in [1.165, 1.54) is 0 Å². The number of aliphatic hydroxyl groups excluding tert-OH is 1. The molecule has 1 N–H and O–H groups in total. The van der Waals surface area contributed by atoms with Gasteiger partial charge in [0.15, 0.2) is 0 Å². The van der Waals surface area contributed by atoms with Gasteiger partial charge in [0.1, 0.15) is 0 Å². The molecule has 0 heterocycles. The smallest absolute Gasteiger partial charge is 0.0773 e. The van der Waals surface area contributed by atoms with E-state index in [1.807, 2.05) is 0 Å². The van der Waals surface area contributed by atoms with Gasteiger partial charge in [0.2, 0.25) is 0 Å². The van der Waals surface area contributed by atoms with Crippen LogP contribution >= 0.6 is 0 Å². The van der Waals surface area contributed by atoms with Crippen LogP contribution < -0.4 is 0 Å². The summed E-state index contributed by atoms with van der Waals surface area (Å²) in [5.41, 5.74) is 0.181. The zero-order valence-electron chi connectivity index (χ0n) is 11.1. The number of hydrogen-bond donors (Lipinski definition) is 1. The highest BCUT2D eigenvalue weighted by molar-refractivity contribution is 5.03. The maximum atomic E-state index is 9.69. The van der Waals surface area contributed by atoms with Crippen LogP contribution in [0, 0.1) is 11.3 Å². The van der Waals surface area contributed by atoms with E-state index in [4.69, 9.17) is 4.74 Å². The monoisotopic (exact) mass is 226 g/mol. The number of allylic oxidation sites excluding steroid dienone is 1. The van der Waals surface area contributed by atoms with Gasteiger partial charge >= 0.3 is 0 Å². The maximum absolute atomic E-state index is 9.69. The molecule has 0 aromatic rings. The second-order valence-corrected chi connectivity index (χ2v) is 5.68. The van der Waals surface area contributed by atoms with Crippen LogP contribution in [0.2, 0.25) is 0 Å². The van der Waals surface area contributed by atoms with E-state index in [0.29, 0.717) is 12.5 Å². The van der Waals surface area contributed by atoms with Crippen molar-refractivity contribution in [1.29, 1.82) is 0 Å². The fourth-order valence-electron chi connectivity index (χ4n) is 2.52. The van der Waals surface area contributed by atoms with Gasteiger partial charge in [0.05, 0.1) is 18.8 Å². The molecule has 0 spiro atoms. The summed E-state index contributed by atoms with van der Waals surface area (Å²) >= 11 is 0. The molecular weight excluding hydrogens is 200 g/mol. The lowest BCUT2D eigenvalue weighted by Gasteiger charge is -2.39. The summed E-state index contributed by atoms with van der Waals surface area (Å²) in [5, 5.41) is 9.69. The number of rotatable bonds is 5. The first-order valence-corrected chi connectivity index (χ1v) is 6.43. The van der Waals surface area contributed by atoms with Crippen molar-refractivity contribution >= 4 is 0 Å². The van der Waals surface area contributed by atoms with Crippen molar-refractivity contribution in [2.75, 3.05) is 6.61 Å². The predicted octanol–water partition coefficient (Wildman–Crippen LogP) is 3.15. The van der Waals surface area contributed by atoms with Crippen molar-refractivity contribution in [2.24, 2.45) is 11.3 Å². The van der Waals surface area contributed by atoms with Gasteiger partial charge in [-0.3, -0.25) is 0 Å². The average molecular weight is 226 g/mol. The zero-order valence-corrected chi connectivity index (χ0v) is 11.1. The van der Waals surface area contributed by atoms with E-state index in [9.17, 15) is 5.11 Å². The third kappa shape index (κ3) is 3.60. The van der Waals surface area contributed by atoms with E-state index in [-0.39, 0.29) is 17.6 Å². The van der Waals surface area contributed by atoms with Gasteiger partial charge < -0.3 is 9.84 Å². The van der Waals surface area contributed by atoms with Crippen molar-refractivity contribution in [3.63, 3.8) is 0 Å². The molecule has 0 aromatic carbocycles. The number of hydrogen-bond acceptors (Lipinski definition) is 2. The lowest BCUT2D eigenvalue weighted by Crippen LogP contribution is -2.40. The summed E-state index contributed by atoms with van der Waals surface area (Å²) in [6.45, 7) is 9.22. The molecule has 0 fully saturated rings. The Bertz CT molecular complexity index is 233. The van der Waals surface area contributed by atoms with Gasteiger partial charge in [-0.05, 0) is 18.3 Å². The molecule has 0 aromatic heterocycles. The standard InChI is InChI=1S/C14H26O2/c1-5-7-12(15)10-16-13-11(2)8-6-9-14(13,3)4/h6,8,11-13,15H,5,7,9-10H2,1-4H3. The van der Waals surface area contributed by atoms with Crippen LogP contribution in [0.15, 0.2) is 12.2 Å². The Morgan fingerprint density at radius 1 is 1.50 bits per heavy atom. The second kappa shape index (κ2) is 5.83.